The highest BCUT2D eigenvalue weighted by atomic mass is 32.2. The molecule has 1 rings (SSSR count). The summed E-state index contributed by atoms with van der Waals surface area (Å²) in [6.07, 6.45) is 2.11. The van der Waals surface area contributed by atoms with Gasteiger partial charge in [0.25, 0.3) is 0 Å². The van der Waals surface area contributed by atoms with Crippen LogP contribution in [0, 0.1) is 0 Å². The SMILES string of the molecule is CNN1CC=CS1. The maximum atomic E-state index is 3.00. The number of hydrogen-bond acceptors (Lipinski definition) is 3. The Balaban J connectivity index is 2.22. The molecule has 2 nitrogen and oxygen atoms in total. The van der Waals surface area contributed by atoms with Crippen LogP contribution in [0.2, 0.25) is 0 Å². The van der Waals surface area contributed by atoms with Gasteiger partial charge in [-0.25, -0.2) is 5.43 Å². The molecule has 1 aliphatic rings. The van der Waals surface area contributed by atoms with Gasteiger partial charge < -0.3 is 0 Å². The van der Waals surface area contributed by atoms with E-state index in [-0.39, 0.29) is 0 Å². The minimum absolute atomic E-state index is 1.02. The Morgan fingerprint density at radius 1 is 1.86 bits per heavy atom. The Bertz CT molecular complexity index is 73.8. The second-order valence-electron chi connectivity index (χ2n) is 1.26. The van der Waals surface area contributed by atoms with Gasteiger partial charge in [0.05, 0.1) is 0 Å². The van der Waals surface area contributed by atoms with Crippen LogP contribution in [-0.4, -0.2) is 18.0 Å². The summed E-state index contributed by atoms with van der Waals surface area (Å²) in [7, 11) is 1.92. The number of hydrazine groups is 1. The van der Waals surface area contributed by atoms with Gasteiger partial charge in [0.2, 0.25) is 0 Å². The molecule has 0 aromatic heterocycles. The predicted molar refractivity (Wildman–Crippen MR) is 32.5 cm³/mol. The standard InChI is InChI=1S/C4H8N2S/c1-5-6-3-2-4-7-6/h2,4-5H,3H2,1H3. The van der Waals surface area contributed by atoms with E-state index in [1.165, 1.54) is 0 Å². The van der Waals surface area contributed by atoms with Gasteiger partial charge in [0, 0.05) is 6.54 Å². The van der Waals surface area contributed by atoms with E-state index in [0.29, 0.717) is 0 Å². The van der Waals surface area contributed by atoms with Gasteiger partial charge >= 0.3 is 0 Å². The number of nitrogens with one attached hydrogen (secondary N) is 1. The van der Waals surface area contributed by atoms with E-state index >= 15 is 0 Å². The van der Waals surface area contributed by atoms with E-state index in [2.05, 4.69) is 16.9 Å². The van der Waals surface area contributed by atoms with Crippen LogP contribution in [0.3, 0.4) is 0 Å². The van der Waals surface area contributed by atoms with Crippen molar-refractivity contribution in [3.8, 4) is 0 Å². The zero-order chi connectivity index (χ0) is 5.11. The number of hydrogen-bond donors (Lipinski definition) is 1. The average Bonchev–Trinajstić information content (AvgIpc) is 2.14. The molecule has 0 aromatic carbocycles. The molecular formula is C4H8N2S. The Morgan fingerprint density at radius 3 is 3.00 bits per heavy atom. The lowest BCUT2D eigenvalue weighted by Gasteiger charge is -2.08. The van der Waals surface area contributed by atoms with Crippen molar-refractivity contribution in [2.24, 2.45) is 0 Å². The topological polar surface area (TPSA) is 15.3 Å². The minimum Gasteiger partial charge on any atom is -0.248 e. The molecule has 0 atom stereocenters. The molecule has 1 N–H and O–H groups in total. The molecule has 0 saturated heterocycles. The molecule has 0 radical (unpaired) electrons. The van der Waals surface area contributed by atoms with E-state index < -0.39 is 0 Å². The first-order valence-electron chi connectivity index (χ1n) is 2.20. The fraction of sp³-hybridized carbons (Fsp3) is 0.500. The van der Waals surface area contributed by atoms with Crippen molar-refractivity contribution in [2.75, 3.05) is 13.6 Å². The Hall–Kier alpha value is 0.01000. The van der Waals surface area contributed by atoms with Crippen molar-refractivity contribution in [3.63, 3.8) is 0 Å². The highest BCUT2D eigenvalue weighted by Crippen LogP contribution is 2.13. The lowest BCUT2D eigenvalue weighted by molar-refractivity contribution is 0.434. The van der Waals surface area contributed by atoms with Crippen LogP contribution in [0.1, 0.15) is 0 Å². The van der Waals surface area contributed by atoms with Crippen LogP contribution >= 0.6 is 11.9 Å². The zero-order valence-corrected chi connectivity index (χ0v) is 5.03. The zero-order valence-electron chi connectivity index (χ0n) is 4.22. The van der Waals surface area contributed by atoms with Crippen molar-refractivity contribution in [1.29, 1.82) is 0 Å². The van der Waals surface area contributed by atoms with Crippen molar-refractivity contribution in [3.05, 3.63) is 11.5 Å². The summed E-state index contributed by atoms with van der Waals surface area (Å²) in [5.74, 6) is 0. The van der Waals surface area contributed by atoms with Gasteiger partial charge in [0.1, 0.15) is 0 Å². The quantitative estimate of drug-likeness (QED) is 0.505. The van der Waals surface area contributed by atoms with E-state index in [0.717, 1.165) is 6.54 Å². The summed E-state index contributed by atoms with van der Waals surface area (Å²) in [6, 6.07) is 0. The van der Waals surface area contributed by atoms with Gasteiger partial charge in [-0.3, -0.25) is 0 Å². The van der Waals surface area contributed by atoms with Crippen molar-refractivity contribution < 1.29 is 0 Å². The third-order valence-corrected chi connectivity index (χ3v) is 1.71. The van der Waals surface area contributed by atoms with Crippen molar-refractivity contribution >= 4 is 11.9 Å². The van der Waals surface area contributed by atoms with Gasteiger partial charge in [-0.1, -0.05) is 6.08 Å². The summed E-state index contributed by atoms with van der Waals surface area (Å²) in [6.45, 7) is 1.02. The molecule has 0 aliphatic carbocycles. The fourth-order valence-corrected chi connectivity index (χ4v) is 1.04. The van der Waals surface area contributed by atoms with Crippen LogP contribution < -0.4 is 5.43 Å². The van der Waals surface area contributed by atoms with Gasteiger partial charge in [-0.15, -0.1) is 0 Å². The summed E-state index contributed by atoms with van der Waals surface area (Å²) in [5.41, 5.74) is 3.00. The lowest BCUT2D eigenvalue weighted by Crippen LogP contribution is -2.25. The third-order valence-electron chi connectivity index (χ3n) is 0.805. The molecule has 0 fully saturated rings. The Kier molecular flexibility index (Phi) is 1.73. The molecule has 0 unspecified atom stereocenters. The molecule has 1 heterocycles. The summed E-state index contributed by atoms with van der Waals surface area (Å²) in [5, 5.41) is 2.07. The molecule has 0 bridgehead atoms. The van der Waals surface area contributed by atoms with Crippen LogP contribution in [0.5, 0.6) is 0 Å². The van der Waals surface area contributed by atoms with Crippen LogP contribution in [0.25, 0.3) is 0 Å². The van der Waals surface area contributed by atoms with E-state index in [9.17, 15) is 0 Å². The monoisotopic (exact) mass is 116 g/mol. The van der Waals surface area contributed by atoms with Crippen molar-refractivity contribution in [2.45, 2.75) is 0 Å². The van der Waals surface area contributed by atoms with Crippen LogP contribution in [0.15, 0.2) is 11.5 Å². The van der Waals surface area contributed by atoms with E-state index in [1.54, 1.807) is 11.9 Å². The largest absolute Gasteiger partial charge is 0.248 e. The number of rotatable bonds is 1. The second-order valence-corrected chi connectivity index (χ2v) is 2.19. The molecule has 0 aromatic rings. The molecule has 7 heavy (non-hydrogen) atoms. The van der Waals surface area contributed by atoms with Crippen LogP contribution in [0.4, 0.5) is 0 Å². The molecule has 0 saturated carbocycles. The molecule has 0 amide bonds. The maximum absolute atomic E-state index is 3.00. The summed E-state index contributed by atoms with van der Waals surface area (Å²) in [4.78, 5) is 0. The molecule has 1 aliphatic heterocycles. The first-order chi connectivity index (χ1) is 3.43. The smallest absolute Gasteiger partial charge is 0.0437 e. The number of nitrogens with zero attached hydrogens (tertiary/aromatic N) is 1. The Labute approximate surface area is 47.7 Å². The van der Waals surface area contributed by atoms with Crippen LogP contribution in [-0.2, 0) is 0 Å². The molecule has 3 heteroatoms. The highest BCUT2D eigenvalue weighted by Gasteiger charge is 2.00. The molecular weight excluding hydrogens is 108 g/mol. The summed E-state index contributed by atoms with van der Waals surface area (Å²) < 4.78 is 2.04. The van der Waals surface area contributed by atoms with Crippen molar-refractivity contribution in [1.82, 2.24) is 9.84 Å². The first kappa shape index (κ1) is 5.15. The second kappa shape index (κ2) is 2.35. The van der Waals surface area contributed by atoms with Gasteiger partial charge in [-0.2, -0.15) is 4.41 Å². The average molecular weight is 116 g/mol. The Morgan fingerprint density at radius 2 is 2.71 bits per heavy atom. The van der Waals surface area contributed by atoms with E-state index in [4.69, 9.17) is 0 Å². The normalized spacial score (nSPS) is 21.3. The fourth-order valence-electron chi connectivity index (χ4n) is 0.442. The lowest BCUT2D eigenvalue weighted by atomic mass is 10.7. The maximum Gasteiger partial charge on any atom is 0.0437 e. The van der Waals surface area contributed by atoms with Gasteiger partial charge in [0.15, 0.2) is 0 Å². The van der Waals surface area contributed by atoms with E-state index in [1.807, 2.05) is 11.5 Å². The molecule has 0 spiro atoms. The third kappa shape index (κ3) is 1.19. The predicted octanol–water partition coefficient (Wildman–Crippen LogP) is 0.598. The minimum atomic E-state index is 1.02. The van der Waals surface area contributed by atoms with Gasteiger partial charge in [-0.05, 0) is 24.4 Å². The highest BCUT2D eigenvalue weighted by molar-refractivity contribution is 8.00. The molecule has 40 valence electrons. The first-order valence-corrected chi connectivity index (χ1v) is 3.04. The summed E-state index contributed by atoms with van der Waals surface area (Å²) >= 11 is 1.68.